The van der Waals surface area contributed by atoms with E-state index in [1.165, 1.54) is 12.8 Å². The molecule has 1 rings (SSSR count). The normalized spacial score (nSPS) is 26.9. The molecular formula is C11H21NO2. The predicted octanol–water partition coefficient (Wildman–Crippen LogP) is 2.11. The highest BCUT2D eigenvalue weighted by Gasteiger charge is 2.28. The summed E-state index contributed by atoms with van der Waals surface area (Å²) < 4.78 is 0. The molecule has 0 bridgehead atoms. The number of carbonyl (C=O) groups is 1. The summed E-state index contributed by atoms with van der Waals surface area (Å²) in [5.41, 5.74) is 0. The monoisotopic (exact) mass is 199 g/mol. The third kappa shape index (κ3) is 2.71. The minimum atomic E-state index is -0.666. The first-order valence-electron chi connectivity index (χ1n) is 5.65. The third-order valence-corrected chi connectivity index (χ3v) is 3.18. The Hall–Kier alpha value is -0.570. The van der Waals surface area contributed by atoms with Gasteiger partial charge in [-0.15, -0.1) is 0 Å². The smallest absolute Gasteiger partial charge is 0.320 e. The van der Waals surface area contributed by atoms with Gasteiger partial charge in [0.15, 0.2) is 0 Å². The van der Waals surface area contributed by atoms with E-state index in [1.807, 2.05) is 6.92 Å². The Labute approximate surface area is 86.1 Å². The third-order valence-electron chi connectivity index (χ3n) is 3.18. The van der Waals surface area contributed by atoms with Gasteiger partial charge in [0.1, 0.15) is 6.04 Å². The van der Waals surface area contributed by atoms with Crippen molar-refractivity contribution < 1.29 is 9.90 Å². The van der Waals surface area contributed by atoms with Gasteiger partial charge >= 0.3 is 5.97 Å². The molecule has 82 valence electrons. The first-order valence-corrected chi connectivity index (χ1v) is 5.65. The molecule has 0 aromatic heterocycles. The average Bonchev–Trinajstić information content (AvgIpc) is 2.33. The molecule has 1 N–H and O–H groups in total. The average molecular weight is 199 g/mol. The fourth-order valence-electron chi connectivity index (χ4n) is 2.31. The van der Waals surface area contributed by atoms with Crippen molar-refractivity contribution in [1.29, 1.82) is 0 Å². The van der Waals surface area contributed by atoms with Gasteiger partial charge in [-0.2, -0.15) is 0 Å². The van der Waals surface area contributed by atoms with Crippen molar-refractivity contribution in [3.63, 3.8) is 0 Å². The quantitative estimate of drug-likeness (QED) is 0.756. The number of hydrogen-bond donors (Lipinski definition) is 1. The van der Waals surface area contributed by atoms with Crippen LogP contribution in [0.2, 0.25) is 0 Å². The van der Waals surface area contributed by atoms with Crippen molar-refractivity contribution in [1.82, 2.24) is 4.90 Å². The molecule has 1 heterocycles. The molecule has 3 heteroatoms. The summed E-state index contributed by atoms with van der Waals surface area (Å²) in [6.45, 7) is 5.05. The molecule has 1 fully saturated rings. The Morgan fingerprint density at radius 3 is 2.79 bits per heavy atom. The van der Waals surface area contributed by atoms with Gasteiger partial charge in [0.05, 0.1) is 0 Å². The van der Waals surface area contributed by atoms with E-state index in [-0.39, 0.29) is 6.04 Å². The van der Waals surface area contributed by atoms with Crippen LogP contribution in [-0.4, -0.2) is 34.6 Å². The van der Waals surface area contributed by atoms with Gasteiger partial charge < -0.3 is 5.11 Å². The SMILES string of the molecule is CCC(C(=O)O)N1CCCCCC1C. The zero-order valence-corrected chi connectivity index (χ0v) is 9.20. The molecule has 2 unspecified atom stereocenters. The van der Waals surface area contributed by atoms with Crippen molar-refractivity contribution in [3.05, 3.63) is 0 Å². The Morgan fingerprint density at radius 2 is 2.21 bits per heavy atom. The molecule has 0 aromatic carbocycles. The molecule has 1 aliphatic heterocycles. The van der Waals surface area contributed by atoms with E-state index in [4.69, 9.17) is 5.11 Å². The number of carboxylic acid groups (broad SMARTS) is 1. The zero-order chi connectivity index (χ0) is 10.6. The molecule has 0 saturated carbocycles. The number of rotatable bonds is 3. The summed E-state index contributed by atoms with van der Waals surface area (Å²) in [6, 6.07) is 0.154. The van der Waals surface area contributed by atoms with Gasteiger partial charge in [-0.3, -0.25) is 9.69 Å². The predicted molar refractivity (Wildman–Crippen MR) is 56.4 cm³/mol. The lowest BCUT2D eigenvalue weighted by atomic mass is 10.1. The van der Waals surface area contributed by atoms with E-state index in [0.717, 1.165) is 19.4 Å². The molecular weight excluding hydrogens is 178 g/mol. The van der Waals surface area contributed by atoms with Crippen molar-refractivity contribution in [2.45, 2.75) is 58.0 Å². The van der Waals surface area contributed by atoms with E-state index >= 15 is 0 Å². The van der Waals surface area contributed by atoms with Crippen LogP contribution in [0, 0.1) is 0 Å². The lowest BCUT2D eigenvalue weighted by molar-refractivity contribution is -0.144. The highest BCUT2D eigenvalue weighted by atomic mass is 16.4. The van der Waals surface area contributed by atoms with E-state index in [2.05, 4.69) is 11.8 Å². The van der Waals surface area contributed by atoms with Crippen molar-refractivity contribution in [2.24, 2.45) is 0 Å². The van der Waals surface area contributed by atoms with Crippen LogP contribution in [0.25, 0.3) is 0 Å². The highest BCUT2D eigenvalue weighted by Crippen LogP contribution is 2.20. The Morgan fingerprint density at radius 1 is 1.50 bits per heavy atom. The first-order chi connectivity index (χ1) is 6.66. The molecule has 1 aliphatic rings. The van der Waals surface area contributed by atoms with Crippen LogP contribution >= 0.6 is 0 Å². The van der Waals surface area contributed by atoms with Gasteiger partial charge in [0, 0.05) is 6.04 Å². The second kappa shape index (κ2) is 5.35. The summed E-state index contributed by atoms with van der Waals surface area (Å²) in [4.78, 5) is 13.2. The Balaban J connectivity index is 2.65. The van der Waals surface area contributed by atoms with Crippen LogP contribution in [0.4, 0.5) is 0 Å². The van der Waals surface area contributed by atoms with Gasteiger partial charge in [-0.05, 0) is 32.7 Å². The summed E-state index contributed by atoms with van der Waals surface area (Å²) in [6.07, 6.45) is 5.49. The summed E-state index contributed by atoms with van der Waals surface area (Å²) in [5.74, 6) is -0.666. The molecule has 3 nitrogen and oxygen atoms in total. The second-order valence-electron chi connectivity index (χ2n) is 4.20. The molecule has 1 saturated heterocycles. The molecule has 14 heavy (non-hydrogen) atoms. The van der Waals surface area contributed by atoms with Gasteiger partial charge in [-0.1, -0.05) is 19.8 Å². The fourth-order valence-corrected chi connectivity index (χ4v) is 2.31. The lowest BCUT2D eigenvalue weighted by Gasteiger charge is -2.32. The molecule has 0 amide bonds. The van der Waals surface area contributed by atoms with Crippen LogP contribution in [0.15, 0.2) is 0 Å². The maximum Gasteiger partial charge on any atom is 0.320 e. The maximum atomic E-state index is 11.0. The topological polar surface area (TPSA) is 40.5 Å². The number of hydrogen-bond acceptors (Lipinski definition) is 2. The first kappa shape index (κ1) is 11.5. The Kier molecular flexibility index (Phi) is 4.39. The van der Waals surface area contributed by atoms with E-state index in [0.29, 0.717) is 12.5 Å². The summed E-state index contributed by atoms with van der Waals surface area (Å²) >= 11 is 0. The van der Waals surface area contributed by atoms with Crippen molar-refractivity contribution in [3.8, 4) is 0 Å². The summed E-state index contributed by atoms with van der Waals surface area (Å²) in [5, 5.41) is 9.09. The fraction of sp³-hybridized carbons (Fsp3) is 0.909. The molecule has 0 radical (unpaired) electrons. The highest BCUT2D eigenvalue weighted by molar-refractivity contribution is 5.73. The van der Waals surface area contributed by atoms with Crippen LogP contribution in [0.3, 0.4) is 0 Å². The van der Waals surface area contributed by atoms with Gasteiger partial charge in [-0.25, -0.2) is 0 Å². The molecule has 0 spiro atoms. The number of nitrogens with zero attached hydrogens (tertiary/aromatic N) is 1. The largest absolute Gasteiger partial charge is 0.480 e. The van der Waals surface area contributed by atoms with Crippen molar-refractivity contribution >= 4 is 5.97 Å². The van der Waals surface area contributed by atoms with Crippen LogP contribution < -0.4 is 0 Å². The lowest BCUT2D eigenvalue weighted by Crippen LogP contribution is -2.45. The van der Waals surface area contributed by atoms with E-state index in [9.17, 15) is 4.79 Å². The van der Waals surface area contributed by atoms with Crippen LogP contribution in [0.1, 0.15) is 46.0 Å². The number of aliphatic carboxylic acids is 1. The van der Waals surface area contributed by atoms with E-state index < -0.39 is 5.97 Å². The Bertz CT molecular complexity index is 194. The van der Waals surface area contributed by atoms with Crippen molar-refractivity contribution in [2.75, 3.05) is 6.54 Å². The standard InChI is InChI=1S/C11H21NO2/c1-3-10(11(13)14)12-8-6-4-5-7-9(12)2/h9-10H,3-8H2,1-2H3,(H,13,14). The molecule has 0 aliphatic carbocycles. The van der Waals surface area contributed by atoms with Crippen LogP contribution in [0.5, 0.6) is 0 Å². The zero-order valence-electron chi connectivity index (χ0n) is 9.20. The number of carboxylic acids is 1. The van der Waals surface area contributed by atoms with E-state index in [1.54, 1.807) is 0 Å². The molecule has 2 atom stereocenters. The molecule has 0 aromatic rings. The van der Waals surface area contributed by atoms with Gasteiger partial charge in [0.2, 0.25) is 0 Å². The minimum Gasteiger partial charge on any atom is -0.480 e. The van der Waals surface area contributed by atoms with Crippen LogP contribution in [-0.2, 0) is 4.79 Å². The summed E-state index contributed by atoms with van der Waals surface area (Å²) in [7, 11) is 0. The second-order valence-corrected chi connectivity index (χ2v) is 4.20. The number of likely N-dealkylation sites (tertiary alicyclic amines) is 1. The minimum absolute atomic E-state index is 0.275. The maximum absolute atomic E-state index is 11.0. The van der Waals surface area contributed by atoms with Gasteiger partial charge in [0.25, 0.3) is 0 Å².